The number of hydrogen-bond donors (Lipinski definition) is 0. The van der Waals surface area contributed by atoms with Gasteiger partial charge in [0, 0.05) is 0 Å². The molecule has 2 unspecified atom stereocenters. The highest BCUT2D eigenvalue weighted by Gasteiger charge is 2.27. The SMILES string of the molecule is CCC(C)C(CCC(C)C)CC1CC1. The van der Waals surface area contributed by atoms with Gasteiger partial charge in [0.25, 0.3) is 0 Å². The van der Waals surface area contributed by atoms with Gasteiger partial charge in [0.15, 0.2) is 0 Å². The van der Waals surface area contributed by atoms with E-state index in [9.17, 15) is 0 Å². The average molecular weight is 196 g/mol. The van der Waals surface area contributed by atoms with Gasteiger partial charge in [-0.2, -0.15) is 0 Å². The predicted octanol–water partition coefficient (Wildman–Crippen LogP) is 4.89. The van der Waals surface area contributed by atoms with Crippen molar-refractivity contribution in [3.8, 4) is 0 Å². The van der Waals surface area contributed by atoms with Gasteiger partial charge in [0.05, 0.1) is 0 Å². The molecule has 1 rings (SSSR count). The van der Waals surface area contributed by atoms with Crippen LogP contribution in [0.1, 0.15) is 66.2 Å². The van der Waals surface area contributed by atoms with Crippen molar-refractivity contribution >= 4 is 0 Å². The predicted molar refractivity (Wildman–Crippen MR) is 64.4 cm³/mol. The Balaban J connectivity index is 2.26. The van der Waals surface area contributed by atoms with Crippen molar-refractivity contribution in [2.45, 2.75) is 66.2 Å². The Morgan fingerprint density at radius 2 is 1.71 bits per heavy atom. The molecule has 2 atom stereocenters. The van der Waals surface area contributed by atoms with Crippen molar-refractivity contribution in [1.82, 2.24) is 0 Å². The molecule has 0 radical (unpaired) electrons. The Hall–Kier alpha value is 0. The maximum Gasteiger partial charge on any atom is -0.0386 e. The second-order valence-electron chi connectivity index (χ2n) is 5.80. The third kappa shape index (κ3) is 4.48. The van der Waals surface area contributed by atoms with E-state index in [4.69, 9.17) is 0 Å². The summed E-state index contributed by atoms with van der Waals surface area (Å²) >= 11 is 0. The molecule has 0 heteroatoms. The molecule has 1 saturated carbocycles. The van der Waals surface area contributed by atoms with Gasteiger partial charge in [-0.25, -0.2) is 0 Å². The van der Waals surface area contributed by atoms with Crippen LogP contribution in [0.25, 0.3) is 0 Å². The minimum absolute atomic E-state index is 0.890. The van der Waals surface area contributed by atoms with Crippen molar-refractivity contribution in [2.75, 3.05) is 0 Å². The van der Waals surface area contributed by atoms with Gasteiger partial charge in [-0.05, 0) is 36.5 Å². The van der Waals surface area contributed by atoms with Gasteiger partial charge in [-0.15, -0.1) is 0 Å². The molecule has 0 bridgehead atoms. The molecule has 0 saturated heterocycles. The fourth-order valence-corrected chi connectivity index (χ4v) is 2.30. The van der Waals surface area contributed by atoms with Gasteiger partial charge in [0.1, 0.15) is 0 Å². The standard InChI is InChI=1S/C14H28/c1-5-12(4)14(9-6-11(2)3)10-13-7-8-13/h11-14H,5-10H2,1-4H3. The van der Waals surface area contributed by atoms with E-state index in [1.807, 2.05) is 0 Å². The molecular weight excluding hydrogens is 168 g/mol. The fraction of sp³-hybridized carbons (Fsp3) is 1.00. The van der Waals surface area contributed by atoms with Crippen LogP contribution in [-0.2, 0) is 0 Å². The summed E-state index contributed by atoms with van der Waals surface area (Å²) in [6, 6.07) is 0. The maximum absolute atomic E-state index is 2.45. The van der Waals surface area contributed by atoms with Crippen molar-refractivity contribution in [3.63, 3.8) is 0 Å². The van der Waals surface area contributed by atoms with Crippen LogP contribution in [0.5, 0.6) is 0 Å². The molecule has 0 aromatic rings. The van der Waals surface area contributed by atoms with Crippen LogP contribution in [-0.4, -0.2) is 0 Å². The highest BCUT2D eigenvalue weighted by atomic mass is 14.3. The second-order valence-corrected chi connectivity index (χ2v) is 5.80. The average Bonchev–Trinajstić information content (AvgIpc) is 2.94. The summed E-state index contributed by atoms with van der Waals surface area (Å²) in [4.78, 5) is 0. The van der Waals surface area contributed by atoms with Gasteiger partial charge in [-0.1, -0.05) is 53.4 Å². The highest BCUT2D eigenvalue weighted by Crippen LogP contribution is 2.39. The molecule has 0 aromatic carbocycles. The van der Waals surface area contributed by atoms with Crippen LogP contribution in [0, 0.1) is 23.7 Å². The van der Waals surface area contributed by atoms with E-state index in [1.54, 1.807) is 0 Å². The molecule has 84 valence electrons. The minimum Gasteiger partial charge on any atom is -0.0651 e. The molecule has 0 aliphatic heterocycles. The maximum atomic E-state index is 2.45. The Kier molecular flexibility index (Phi) is 4.98. The zero-order valence-corrected chi connectivity index (χ0v) is 10.6. The van der Waals surface area contributed by atoms with Crippen LogP contribution in [0.2, 0.25) is 0 Å². The summed E-state index contributed by atoms with van der Waals surface area (Å²) in [5.74, 6) is 3.98. The Labute approximate surface area is 90.5 Å². The largest absolute Gasteiger partial charge is 0.0651 e. The van der Waals surface area contributed by atoms with Crippen LogP contribution in [0.3, 0.4) is 0 Å². The van der Waals surface area contributed by atoms with E-state index in [1.165, 1.54) is 38.5 Å². The van der Waals surface area contributed by atoms with Crippen LogP contribution in [0.4, 0.5) is 0 Å². The molecule has 1 fully saturated rings. The molecule has 0 spiro atoms. The van der Waals surface area contributed by atoms with Crippen molar-refractivity contribution in [1.29, 1.82) is 0 Å². The third-order valence-electron chi connectivity index (χ3n) is 3.90. The summed E-state index contributed by atoms with van der Waals surface area (Å²) in [5, 5.41) is 0. The lowest BCUT2D eigenvalue weighted by molar-refractivity contribution is 0.276. The first-order chi connectivity index (χ1) is 6.63. The summed E-state index contributed by atoms with van der Waals surface area (Å²) in [7, 11) is 0. The van der Waals surface area contributed by atoms with E-state index in [2.05, 4.69) is 27.7 Å². The van der Waals surface area contributed by atoms with E-state index in [0.717, 1.165) is 23.7 Å². The normalized spacial score (nSPS) is 21.2. The molecule has 0 N–H and O–H groups in total. The molecule has 0 nitrogen and oxygen atoms in total. The molecule has 0 aromatic heterocycles. The summed E-state index contributed by atoms with van der Waals surface area (Å²) < 4.78 is 0. The van der Waals surface area contributed by atoms with Crippen LogP contribution in [0.15, 0.2) is 0 Å². The van der Waals surface area contributed by atoms with Gasteiger partial charge < -0.3 is 0 Å². The van der Waals surface area contributed by atoms with E-state index in [0.29, 0.717) is 0 Å². The summed E-state index contributed by atoms with van der Waals surface area (Å²) in [6.07, 6.45) is 8.85. The first-order valence-corrected chi connectivity index (χ1v) is 6.63. The van der Waals surface area contributed by atoms with Crippen molar-refractivity contribution in [2.24, 2.45) is 23.7 Å². The lowest BCUT2D eigenvalue weighted by atomic mass is 9.82. The first-order valence-electron chi connectivity index (χ1n) is 6.63. The lowest BCUT2D eigenvalue weighted by Crippen LogP contribution is -2.13. The Morgan fingerprint density at radius 3 is 2.14 bits per heavy atom. The smallest absolute Gasteiger partial charge is 0.0386 e. The Morgan fingerprint density at radius 1 is 1.07 bits per heavy atom. The lowest BCUT2D eigenvalue weighted by Gasteiger charge is -2.23. The van der Waals surface area contributed by atoms with E-state index in [-0.39, 0.29) is 0 Å². The first kappa shape index (κ1) is 12.1. The second kappa shape index (κ2) is 5.78. The van der Waals surface area contributed by atoms with Crippen LogP contribution < -0.4 is 0 Å². The monoisotopic (exact) mass is 196 g/mol. The molecule has 0 amide bonds. The fourth-order valence-electron chi connectivity index (χ4n) is 2.30. The zero-order valence-electron chi connectivity index (χ0n) is 10.6. The number of hydrogen-bond acceptors (Lipinski definition) is 0. The van der Waals surface area contributed by atoms with Gasteiger partial charge in [0.2, 0.25) is 0 Å². The van der Waals surface area contributed by atoms with Gasteiger partial charge >= 0.3 is 0 Å². The number of rotatable bonds is 7. The summed E-state index contributed by atoms with van der Waals surface area (Å²) in [5.41, 5.74) is 0. The van der Waals surface area contributed by atoms with Crippen molar-refractivity contribution < 1.29 is 0 Å². The molecule has 1 aliphatic carbocycles. The highest BCUT2D eigenvalue weighted by molar-refractivity contribution is 4.79. The quantitative estimate of drug-likeness (QED) is 0.544. The molecule has 1 aliphatic rings. The molecular formula is C14H28. The van der Waals surface area contributed by atoms with E-state index < -0.39 is 0 Å². The minimum atomic E-state index is 0.890. The topological polar surface area (TPSA) is 0 Å². The van der Waals surface area contributed by atoms with Gasteiger partial charge in [-0.3, -0.25) is 0 Å². The summed E-state index contributed by atoms with van der Waals surface area (Å²) in [6.45, 7) is 9.50. The van der Waals surface area contributed by atoms with Crippen LogP contribution >= 0.6 is 0 Å². The van der Waals surface area contributed by atoms with E-state index >= 15 is 0 Å². The Bertz CT molecular complexity index is 144. The van der Waals surface area contributed by atoms with Crippen molar-refractivity contribution in [3.05, 3.63) is 0 Å². The third-order valence-corrected chi connectivity index (χ3v) is 3.90. The zero-order chi connectivity index (χ0) is 10.6. The molecule has 0 heterocycles. The molecule has 14 heavy (non-hydrogen) atoms.